The van der Waals surface area contributed by atoms with Crippen LogP contribution in [0.15, 0.2) is 10.7 Å². The van der Waals surface area contributed by atoms with E-state index < -0.39 is 0 Å². The fourth-order valence-corrected chi connectivity index (χ4v) is 5.16. The van der Waals surface area contributed by atoms with Crippen LogP contribution >= 0.6 is 0 Å². The molecule has 4 aliphatic rings. The summed E-state index contributed by atoms with van der Waals surface area (Å²) in [5.41, 5.74) is 0.889. The van der Waals surface area contributed by atoms with E-state index in [4.69, 9.17) is 4.42 Å². The Morgan fingerprint density at radius 1 is 1.42 bits per heavy atom. The van der Waals surface area contributed by atoms with Gasteiger partial charge in [0.25, 0.3) is 5.91 Å². The molecular formula is C19H29N3O2. The highest BCUT2D eigenvalue weighted by atomic mass is 16.3. The van der Waals surface area contributed by atoms with Gasteiger partial charge in [-0.25, -0.2) is 4.98 Å². The number of carbonyl (C=O) groups excluding carboxylic acids is 1. The van der Waals surface area contributed by atoms with Crippen molar-refractivity contribution in [1.29, 1.82) is 0 Å². The molecule has 1 amide bonds. The summed E-state index contributed by atoms with van der Waals surface area (Å²) < 4.78 is 5.57. The largest absolute Gasteiger partial charge is 0.448 e. The number of nitrogens with one attached hydrogen (secondary N) is 2. The van der Waals surface area contributed by atoms with Gasteiger partial charge in [0.15, 0.2) is 11.6 Å². The summed E-state index contributed by atoms with van der Waals surface area (Å²) in [6, 6.07) is 0. The van der Waals surface area contributed by atoms with E-state index in [2.05, 4.69) is 29.5 Å². The van der Waals surface area contributed by atoms with E-state index in [1.807, 2.05) is 0 Å². The zero-order chi connectivity index (χ0) is 16.7. The summed E-state index contributed by atoms with van der Waals surface area (Å²) >= 11 is 0. The Bertz CT molecular complexity index is 602. The molecule has 1 aromatic rings. The van der Waals surface area contributed by atoms with Crippen LogP contribution in [-0.2, 0) is 0 Å². The van der Waals surface area contributed by atoms with Gasteiger partial charge in [0.05, 0.1) is 0 Å². The summed E-state index contributed by atoms with van der Waals surface area (Å²) in [6.07, 6.45) is 7.63. The van der Waals surface area contributed by atoms with Gasteiger partial charge in [-0.1, -0.05) is 13.8 Å². The number of carbonyl (C=O) groups is 1. The van der Waals surface area contributed by atoms with Gasteiger partial charge in [0, 0.05) is 19.0 Å². The van der Waals surface area contributed by atoms with Gasteiger partial charge >= 0.3 is 0 Å². The molecule has 1 aliphatic heterocycles. The molecule has 2 N–H and O–H groups in total. The highest BCUT2D eigenvalue weighted by Gasteiger charge is 2.53. The van der Waals surface area contributed by atoms with Crippen molar-refractivity contribution in [3.05, 3.63) is 17.8 Å². The van der Waals surface area contributed by atoms with Gasteiger partial charge in [-0.2, -0.15) is 0 Å². The smallest absolute Gasteiger partial charge is 0.273 e. The van der Waals surface area contributed by atoms with E-state index in [-0.39, 0.29) is 5.91 Å². The maximum atomic E-state index is 12.4. The number of aromatic nitrogens is 1. The van der Waals surface area contributed by atoms with Crippen LogP contribution in [-0.4, -0.2) is 30.5 Å². The topological polar surface area (TPSA) is 67.2 Å². The summed E-state index contributed by atoms with van der Waals surface area (Å²) in [4.78, 5) is 16.9. The molecule has 2 bridgehead atoms. The van der Waals surface area contributed by atoms with Gasteiger partial charge in [-0.15, -0.1) is 0 Å². The number of rotatable bonds is 4. The van der Waals surface area contributed by atoms with Crippen LogP contribution in [0.3, 0.4) is 0 Å². The Hall–Kier alpha value is -1.36. The Kier molecular flexibility index (Phi) is 4.15. The van der Waals surface area contributed by atoms with E-state index in [9.17, 15) is 4.79 Å². The molecule has 3 aliphatic carbocycles. The lowest BCUT2D eigenvalue weighted by Gasteiger charge is -2.60. The SMILES string of the molecule is CC1(C)C2CCC(CNC(=O)c3coc(C4CCCNC4)n3)C1C2. The lowest BCUT2D eigenvalue weighted by atomic mass is 9.45. The van der Waals surface area contributed by atoms with Crippen LogP contribution in [0.5, 0.6) is 0 Å². The second-order valence-electron chi connectivity index (χ2n) is 8.52. The summed E-state index contributed by atoms with van der Waals surface area (Å²) in [7, 11) is 0. The Labute approximate surface area is 144 Å². The van der Waals surface area contributed by atoms with Gasteiger partial charge in [-0.05, 0) is 61.8 Å². The highest BCUT2D eigenvalue weighted by Crippen LogP contribution is 2.61. The average molecular weight is 331 g/mol. The number of nitrogens with zero attached hydrogens (tertiary/aromatic N) is 1. The van der Waals surface area contributed by atoms with Crippen LogP contribution in [0.1, 0.15) is 68.2 Å². The number of fused-ring (bicyclic) bond motifs is 2. The van der Waals surface area contributed by atoms with Crippen molar-refractivity contribution in [1.82, 2.24) is 15.6 Å². The number of amides is 1. The van der Waals surface area contributed by atoms with E-state index in [1.165, 1.54) is 25.5 Å². The molecule has 5 rings (SSSR count). The fourth-order valence-electron chi connectivity index (χ4n) is 5.16. The predicted octanol–water partition coefficient (Wildman–Crippen LogP) is 2.94. The molecule has 4 fully saturated rings. The first-order valence-electron chi connectivity index (χ1n) is 9.50. The molecule has 132 valence electrons. The summed E-state index contributed by atoms with van der Waals surface area (Å²) in [5.74, 6) is 3.18. The van der Waals surface area contributed by atoms with Crippen molar-refractivity contribution >= 4 is 5.91 Å². The third kappa shape index (κ3) is 2.77. The van der Waals surface area contributed by atoms with Crippen LogP contribution in [0.4, 0.5) is 0 Å². The highest BCUT2D eigenvalue weighted by molar-refractivity contribution is 5.91. The van der Waals surface area contributed by atoms with E-state index in [1.54, 1.807) is 0 Å². The quantitative estimate of drug-likeness (QED) is 0.890. The zero-order valence-corrected chi connectivity index (χ0v) is 14.8. The molecule has 0 aromatic carbocycles. The Balaban J connectivity index is 1.32. The minimum absolute atomic E-state index is 0.0898. The average Bonchev–Trinajstić information content (AvgIpc) is 3.10. The number of hydrogen-bond donors (Lipinski definition) is 2. The van der Waals surface area contributed by atoms with Crippen LogP contribution in [0.2, 0.25) is 0 Å². The van der Waals surface area contributed by atoms with Crippen LogP contribution < -0.4 is 10.6 Å². The zero-order valence-electron chi connectivity index (χ0n) is 14.8. The number of hydrogen-bond acceptors (Lipinski definition) is 4. The van der Waals surface area contributed by atoms with Gasteiger partial charge in [-0.3, -0.25) is 4.79 Å². The van der Waals surface area contributed by atoms with Crippen LogP contribution in [0.25, 0.3) is 0 Å². The maximum Gasteiger partial charge on any atom is 0.273 e. The lowest BCUT2D eigenvalue weighted by molar-refractivity contribution is -0.103. The molecule has 5 heteroatoms. The molecule has 1 aromatic heterocycles. The van der Waals surface area contributed by atoms with Crippen molar-refractivity contribution in [3.8, 4) is 0 Å². The monoisotopic (exact) mass is 331 g/mol. The minimum atomic E-state index is -0.0898. The minimum Gasteiger partial charge on any atom is -0.448 e. The summed E-state index contributed by atoms with van der Waals surface area (Å²) in [6.45, 7) is 7.50. The first-order chi connectivity index (χ1) is 11.6. The third-order valence-corrected chi connectivity index (χ3v) is 6.93. The van der Waals surface area contributed by atoms with Crippen molar-refractivity contribution in [3.63, 3.8) is 0 Å². The van der Waals surface area contributed by atoms with Gasteiger partial charge in [0.2, 0.25) is 0 Å². The van der Waals surface area contributed by atoms with E-state index in [0.29, 0.717) is 28.8 Å². The molecule has 2 heterocycles. The normalized spacial score (nSPS) is 34.4. The first kappa shape index (κ1) is 16.1. The second kappa shape index (κ2) is 6.17. The standard InChI is InChI=1S/C19H29N3O2/c1-19(2)14-6-5-12(15(19)8-14)10-21-17(23)16-11-24-18(22-16)13-4-3-7-20-9-13/h11-15,20H,3-10H2,1-2H3,(H,21,23). The van der Waals surface area contributed by atoms with E-state index >= 15 is 0 Å². The van der Waals surface area contributed by atoms with Gasteiger partial charge < -0.3 is 15.1 Å². The van der Waals surface area contributed by atoms with Gasteiger partial charge in [0.1, 0.15) is 6.26 Å². The van der Waals surface area contributed by atoms with Crippen LogP contribution in [0, 0.1) is 23.2 Å². The Morgan fingerprint density at radius 2 is 2.29 bits per heavy atom. The third-order valence-electron chi connectivity index (χ3n) is 6.93. The molecule has 4 unspecified atom stereocenters. The fraction of sp³-hybridized carbons (Fsp3) is 0.789. The maximum absolute atomic E-state index is 12.4. The Morgan fingerprint density at radius 3 is 3.00 bits per heavy atom. The number of oxazole rings is 1. The first-order valence-corrected chi connectivity index (χ1v) is 9.50. The number of piperidine rings is 1. The molecule has 24 heavy (non-hydrogen) atoms. The molecule has 5 nitrogen and oxygen atoms in total. The molecular weight excluding hydrogens is 302 g/mol. The summed E-state index contributed by atoms with van der Waals surface area (Å²) in [5, 5.41) is 6.46. The van der Waals surface area contributed by atoms with Crippen molar-refractivity contribution in [2.24, 2.45) is 23.2 Å². The molecule has 3 saturated carbocycles. The lowest BCUT2D eigenvalue weighted by Crippen LogP contribution is -2.54. The van der Waals surface area contributed by atoms with Crippen molar-refractivity contribution < 1.29 is 9.21 Å². The molecule has 0 radical (unpaired) electrons. The molecule has 1 saturated heterocycles. The van der Waals surface area contributed by atoms with Crippen molar-refractivity contribution in [2.45, 2.75) is 51.9 Å². The predicted molar refractivity (Wildman–Crippen MR) is 91.8 cm³/mol. The molecule has 0 spiro atoms. The van der Waals surface area contributed by atoms with E-state index in [0.717, 1.165) is 44.3 Å². The second-order valence-corrected chi connectivity index (χ2v) is 8.52. The van der Waals surface area contributed by atoms with Crippen molar-refractivity contribution in [2.75, 3.05) is 19.6 Å². The molecule has 4 atom stereocenters.